The Morgan fingerprint density at radius 2 is 1.74 bits per heavy atom. The molecule has 27 heavy (non-hydrogen) atoms. The Hall–Kier alpha value is -2.69. The van der Waals surface area contributed by atoms with Crippen LogP contribution in [0.2, 0.25) is 10.0 Å². The minimum Gasteiger partial charge on any atom is -0.493 e. The molecule has 0 fully saturated rings. The van der Waals surface area contributed by atoms with Crippen LogP contribution in [0.25, 0.3) is 0 Å². The van der Waals surface area contributed by atoms with E-state index >= 15 is 0 Å². The maximum atomic E-state index is 5.99. The number of benzene rings is 3. The molecular formula is C21H18Cl2N2O2. The second-order valence-corrected chi connectivity index (χ2v) is 6.50. The molecule has 0 bridgehead atoms. The van der Waals surface area contributed by atoms with E-state index in [1.165, 1.54) is 0 Å². The summed E-state index contributed by atoms with van der Waals surface area (Å²) in [5, 5.41) is 5.18. The summed E-state index contributed by atoms with van der Waals surface area (Å²) in [5.41, 5.74) is 5.62. The summed E-state index contributed by atoms with van der Waals surface area (Å²) < 4.78 is 11.3. The molecule has 6 heteroatoms. The van der Waals surface area contributed by atoms with Crippen molar-refractivity contribution in [3.63, 3.8) is 0 Å². The lowest BCUT2D eigenvalue weighted by Crippen LogP contribution is -1.98. The van der Waals surface area contributed by atoms with E-state index in [4.69, 9.17) is 32.7 Å². The number of hydrogen-bond acceptors (Lipinski definition) is 4. The Morgan fingerprint density at radius 3 is 2.48 bits per heavy atom. The van der Waals surface area contributed by atoms with Crippen molar-refractivity contribution < 1.29 is 9.47 Å². The van der Waals surface area contributed by atoms with Crippen LogP contribution in [-0.2, 0) is 6.61 Å². The summed E-state index contributed by atoms with van der Waals surface area (Å²) >= 11 is 11.9. The Kier molecular flexibility index (Phi) is 6.58. The van der Waals surface area contributed by atoms with Gasteiger partial charge in [-0.1, -0.05) is 53.5 Å². The minimum absolute atomic E-state index is 0.471. The van der Waals surface area contributed by atoms with Gasteiger partial charge in [0, 0.05) is 0 Å². The molecule has 1 N–H and O–H groups in total. The molecule has 0 aromatic heterocycles. The fourth-order valence-corrected chi connectivity index (χ4v) is 2.66. The van der Waals surface area contributed by atoms with E-state index in [-0.39, 0.29) is 0 Å². The first-order valence-electron chi connectivity index (χ1n) is 8.24. The summed E-state index contributed by atoms with van der Waals surface area (Å²) in [6.45, 7) is 0.476. The van der Waals surface area contributed by atoms with Crippen molar-refractivity contribution in [1.82, 2.24) is 0 Å². The molecule has 3 rings (SSSR count). The average molecular weight is 401 g/mol. The molecule has 0 amide bonds. The molecule has 0 saturated heterocycles. The summed E-state index contributed by atoms with van der Waals surface area (Å²) in [5.74, 6) is 1.32. The standard InChI is InChI=1S/C21H18Cl2N2O2/c1-26-21-11-16(13-24-25-17-8-9-18(22)19(23)12-17)7-10-20(21)27-14-15-5-3-2-4-6-15/h2-13,25H,14H2,1H3. The third kappa shape index (κ3) is 5.39. The number of nitrogens with one attached hydrogen (secondary N) is 1. The van der Waals surface area contributed by atoms with Crippen molar-refractivity contribution >= 4 is 35.1 Å². The Labute approximate surface area is 168 Å². The van der Waals surface area contributed by atoms with Gasteiger partial charge in [0.1, 0.15) is 6.61 Å². The summed E-state index contributed by atoms with van der Waals surface area (Å²) in [4.78, 5) is 0. The summed E-state index contributed by atoms with van der Waals surface area (Å²) in [7, 11) is 1.61. The van der Waals surface area contributed by atoms with Crippen molar-refractivity contribution in [2.75, 3.05) is 12.5 Å². The highest BCUT2D eigenvalue weighted by Gasteiger charge is 2.05. The molecule has 0 saturated carbocycles. The second-order valence-electron chi connectivity index (χ2n) is 5.68. The molecule has 0 atom stereocenters. The van der Waals surface area contributed by atoms with E-state index in [0.717, 1.165) is 16.8 Å². The number of anilines is 1. The molecule has 0 unspecified atom stereocenters. The highest BCUT2D eigenvalue weighted by atomic mass is 35.5. The van der Waals surface area contributed by atoms with Gasteiger partial charge in [0.25, 0.3) is 0 Å². The third-order valence-electron chi connectivity index (χ3n) is 3.75. The monoisotopic (exact) mass is 400 g/mol. The molecule has 0 aliphatic carbocycles. The van der Waals surface area contributed by atoms with Gasteiger partial charge in [-0.15, -0.1) is 0 Å². The van der Waals surface area contributed by atoms with Gasteiger partial charge in [-0.25, -0.2) is 0 Å². The molecular weight excluding hydrogens is 383 g/mol. The Balaban J connectivity index is 1.65. The molecule has 3 aromatic carbocycles. The van der Waals surface area contributed by atoms with Crippen molar-refractivity contribution in [3.05, 3.63) is 87.9 Å². The number of hydrazone groups is 1. The summed E-state index contributed by atoms with van der Waals surface area (Å²) in [6, 6.07) is 20.8. The highest BCUT2D eigenvalue weighted by molar-refractivity contribution is 6.42. The maximum absolute atomic E-state index is 5.99. The molecule has 0 heterocycles. The SMILES string of the molecule is COc1cc(C=NNc2ccc(Cl)c(Cl)c2)ccc1OCc1ccccc1. The zero-order valence-electron chi connectivity index (χ0n) is 14.7. The second kappa shape index (κ2) is 9.31. The molecule has 0 spiro atoms. The van der Waals surface area contributed by atoms with Crippen molar-refractivity contribution in [3.8, 4) is 11.5 Å². The van der Waals surface area contributed by atoms with E-state index in [2.05, 4.69) is 10.5 Å². The van der Waals surface area contributed by atoms with Crippen LogP contribution in [0.3, 0.4) is 0 Å². The molecule has 138 valence electrons. The van der Waals surface area contributed by atoms with E-state index in [9.17, 15) is 0 Å². The van der Waals surface area contributed by atoms with E-state index in [1.54, 1.807) is 31.5 Å². The first-order valence-corrected chi connectivity index (χ1v) is 9.00. The van der Waals surface area contributed by atoms with Gasteiger partial charge >= 0.3 is 0 Å². The topological polar surface area (TPSA) is 42.8 Å². The molecule has 3 aromatic rings. The zero-order chi connectivity index (χ0) is 19.1. The lowest BCUT2D eigenvalue weighted by molar-refractivity contribution is 0.284. The van der Waals surface area contributed by atoms with Gasteiger partial charge in [-0.3, -0.25) is 5.43 Å². The van der Waals surface area contributed by atoms with Gasteiger partial charge in [0.15, 0.2) is 11.5 Å². The molecule has 4 nitrogen and oxygen atoms in total. The molecule has 0 aliphatic rings. The first-order chi connectivity index (χ1) is 13.2. The van der Waals surface area contributed by atoms with Gasteiger partial charge in [0.2, 0.25) is 0 Å². The van der Waals surface area contributed by atoms with E-state index in [1.807, 2.05) is 48.5 Å². The van der Waals surface area contributed by atoms with Gasteiger partial charge in [0.05, 0.1) is 29.1 Å². The van der Waals surface area contributed by atoms with Crippen LogP contribution < -0.4 is 14.9 Å². The number of halogens is 2. The third-order valence-corrected chi connectivity index (χ3v) is 4.49. The number of hydrogen-bond donors (Lipinski definition) is 1. The maximum Gasteiger partial charge on any atom is 0.161 e. The van der Waals surface area contributed by atoms with Crippen molar-refractivity contribution in [2.45, 2.75) is 6.61 Å². The minimum atomic E-state index is 0.471. The largest absolute Gasteiger partial charge is 0.493 e. The van der Waals surface area contributed by atoms with Crippen molar-refractivity contribution in [2.24, 2.45) is 5.10 Å². The number of nitrogens with zero attached hydrogens (tertiary/aromatic N) is 1. The van der Waals surface area contributed by atoms with Crippen LogP contribution in [0.1, 0.15) is 11.1 Å². The van der Waals surface area contributed by atoms with Gasteiger partial charge in [-0.05, 0) is 47.5 Å². The lowest BCUT2D eigenvalue weighted by Gasteiger charge is -2.11. The normalized spacial score (nSPS) is 10.8. The predicted molar refractivity (Wildman–Crippen MR) is 111 cm³/mol. The molecule has 0 aliphatic heterocycles. The lowest BCUT2D eigenvalue weighted by atomic mass is 10.2. The van der Waals surface area contributed by atoms with Gasteiger partial charge < -0.3 is 9.47 Å². The average Bonchev–Trinajstić information content (AvgIpc) is 2.70. The number of methoxy groups -OCH3 is 1. The highest BCUT2D eigenvalue weighted by Crippen LogP contribution is 2.28. The fraction of sp³-hybridized carbons (Fsp3) is 0.0952. The summed E-state index contributed by atoms with van der Waals surface area (Å²) in [6.07, 6.45) is 1.69. The van der Waals surface area contributed by atoms with E-state index < -0.39 is 0 Å². The number of ether oxygens (including phenoxy) is 2. The van der Waals surface area contributed by atoms with Crippen LogP contribution in [-0.4, -0.2) is 13.3 Å². The van der Waals surface area contributed by atoms with Crippen LogP contribution in [0.15, 0.2) is 71.8 Å². The predicted octanol–water partition coefficient (Wildman–Crippen LogP) is 6.03. The van der Waals surface area contributed by atoms with E-state index in [0.29, 0.717) is 28.2 Å². The van der Waals surface area contributed by atoms with Crippen LogP contribution in [0.4, 0.5) is 5.69 Å². The smallest absolute Gasteiger partial charge is 0.161 e. The van der Waals surface area contributed by atoms with Crippen LogP contribution in [0.5, 0.6) is 11.5 Å². The molecule has 0 radical (unpaired) electrons. The van der Waals surface area contributed by atoms with Gasteiger partial charge in [-0.2, -0.15) is 5.10 Å². The van der Waals surface area contributed by atoms with Crippen molar-refractivity contribution in [1.29, 1.82) is 0 Å². The zero-order valence-corrected chi connectivity index (χ0v) is 16.2. The van der Waals surface area contributed by atoms with Crippen LogP contribution in [0, 0.1) is 0 Å². The van der Waals surface area contributed by atoms with Crippen LogP contribution >= 0.6 is 23.2 Å². The quantitative estimate of drug-likeness (QED) is 0.389. The first kappa shape index (κ1) is 19.1. The Morgan fingerprint density at radius 1 is 0.926 bits per heavy atom. The number of rotatable bonds is 7. The Bertz CT molecular complexity index is 931. The fourth-order valence-electron chi connectivity index (χ4n) is 2.37.